The van der Waals surface area contributed by atoms with E-state index in [4.69, 9.17) is 9.52 Å². The highest BCUT2D eigenvalue weighted by Gasteiger charge is 2.12. The smallest absolute Gasteiger partial charge is 0.371 e. The van der Waals surface area contributed by atoms with Crippen LogP contribution in [-0.4, -0.2) is 11.1 Å². The Hall–Kier alpha value is -2.23. The summed E-state index contributed by atoms with van der Waals surface area (Å²) in [6.45, 7) is 4.34. The van der Waals surface area contributed by atoms with Crippen molar-refractivity contribution >= 4 is 11.7 Å². The first-order valence-electron chi connectivity index (χ1n) is 5.69. The molecule has 94 valence electrons. The summed E-state index contributed by atoms with van der Waals surface area (Å²) in [4.78, 5) is 10.8. The molecule has 0 fully saturated rings. The van der Waals surface area contributed by atoms with Gasteiger partial charge in [0.2, 0.25) is 5.76 Å². The molecule has 0 bridgehead atoms. The highest BCUT2D eigenvalue weighted by molar-refractivity contribution is 5.84. The van der Waals surface area contributed by atoms with Crippen LogP contribution in [0.3, 0.4) is 0 Å². The van der Waals surface area contributed by atoms with Crippen LogP contribution < -0.4 is 5.32 Å². The minimum Gasteiger partial charge on any atom is -0.475 e. The SMILES string of the molecule is Cc1cccc(NCc2cc(C(=O)O)oc2C)c1. The summed E-state index contributed by atoms with van der Waals surface area (Å²) >= 11 is 0. The number of hydrogen-bond acceptors (Lipinski definition) is 3. The molecule has 0 saturated carbocycles. The average molecular weight is 245 g/mol. The highest BCUT2D eigenvalue weighted by atomic mass is 16.4. The van der Waals surface area contributed by atoms with Gasteiger partial charge in [0.1, 0.15) is 5.76 Å². The fourth-order valence-corrected chi connectivity index (χ4v) is 1.75. The van der Waals surface area contributed by atoms with Gasteiger partial charge in [-0.3, -0.25) is 0 Å². The maximum Gasteiger partial charge on any atom is 0.371 e. The third-order valence-electron chi connectivity index (χ3n) is 2.73. The lowest BCUT2D eigenvalue weighted by molar-refractivity contribution is 0.0661. The Kier molecular flexibility index (Phi) is 3.37. The number of carboxylic acids is 1. The van der Waals surface area contributed by atoms with Gasteiger partial charge in [-0.1, -0.05) is 12.1 Å². The van der Waals surface area contributed by atoms with Crippen LogP contribution in [0.2, 0.25) is 0 Å². The van der Waals surface area contributed by atoms with Crippen molar-refractivity contribution in [3.05, 3.63) is 53.0 Å². The lowest BCUT2D eigenvalue weighted by atomic mass is 10.2. The number of furan rings is 1. The molecule has 0 aliphatic heterocycles. The molecule has 1 aromatic carbocycles. The number of anilines is 1. The molecule has 2 rings (SSSR count). The van der Waals surface area contributed by atoms with Crippen molar-refractivity contribution in [3.63, 3.8) is 0 Å². The van der Waals surface area contributed by atoms with Crippen LogP contribution in [0.5, 0.6) is 0 Å². The number of aryl methyl sites for hydroxylation is 2. The van der Waals surface area contributed by atoms with Crippen LogP contribution in [0.25, 0.3) is 0 Å². The van der Waals surface area contributed by atoms with E-state index in [0.29, 0.717) is 12.3 Å². The summed E-state index contributed by atoms with van der Waals surface area (Å²) in [6, 6.07) is 9.56. The highest BCUT2D eigenvalue weighted by Crippen LogP contribution is 2.17. The largest absolute Gasteiger partial charge is 0.475 e. The maximum absolute atomic E-state index is 10.8. The molecule has 1 aromatic heterocycles. The number of carbonyl (C=O) groups is 1. The number of carboxylic acid groups (broad SMARTS) is 1. The van der Waals surface area contributed by atoms with Gasteiger partial charge in [0, 0.05) is 17.8 Å². The molecule has 0 radical (unpaired) electrons. The summed E-state index contributed by atoms with van der Waals surface area (Å²) in [5.41, 5.74) is 3.04. The second-order valence-corrected chi connectivity index (χ2v) is 4.22. The molecule has 1 heterocycles. The Morgan fingerprint density at radius 2 is 2.11 bits per heavy atom. The Morgan fingerprint density at radius 1 is 1.33 bits per heavy atom. The topological polar surface area (TPSA) is 62.5 Å². The lowest BCUT2D eigenvalue weighted by Crippen LogP contribution is -1.99. The number of hydrogen-bond donors (Lipinski definition) is 2. The number of benzene rings is 1. The fraction of sp³-hybridized carbons (Fsp3) is 0.214. The lowest BCUT2D eigenvalue weighted by Gasteiger charge is -2.05. The van der Waals surface area contributed by atoms with Crippen LogP contribution >= 0.6 is 0 Å². The maximum atomic E-state index is 10.8. The van der Waals surface area contributed by atoms with Gasteiger partial charge in [0.15, 0.2) is 0 Å². The van der Waals surface area contributed by atoms with Crippen molar-refractivity contribution in [3.8, 4) is 0 Å². The predicted molar refractivity (Wildman–Crippen MR) is 68.9 cm³/mol. The van der Waals surface area contributed by atoms with Crippen molar-refractivity contribution in [2.24, 2.45) is 0 Å². The standard InChI is InChI=1S/C14H15NO3/c1-9-4-3-5-12(6-9)15-8-11-7-13(14(16)17)18-10(11)2/h3-7,15H,8H2,1-2H3,(H,16,17). The van der Waals surface area contributed by atoms with Gasteiger partial charge in [-0.05, 0) is 37.6 Å². The zero-order valence-electron chi connectivity index (χ0n) is 10.4. The van der Waals surface area contributed by atoms with Crippen LogP contribution in [0, 0.1) is 13.8 Å². The van der Waals surface area contributed by atoms with Crippen molar-refractivity contribution in [2.45, 2.75) is 20.4 Å². The summed E-state index contributed by atoms with van der Waals surface area (Å²) in [6.07, 6.45) is 0. The third kappa shape index (κ3) is 2.71. The number of aromatic carboxylic acids is 1. The van der Waals surface area contributed by atoms with Gasteiger partial charge in [0.25, 0.3) is 0 Å². The minimum atomic E-state index is -1.04. The van der Waals surface area contributed by atoms with Crippen LogP contribution in [0.1, 0.15) is 27.4 Å². The third-order valence-corrected chi connectivity index (χ3v) is 2.73. The predicted octanol–water partition coefficient (Wildman–Crippen LogP) is 3.21. The van der Waals surface area contributed by atoms with Crippen molar-refractivity contribution in [1.82, 2.24) is 0 Å². The Bertz CT molecular complexity index is 572. The van der Waals surface area contributed by atoms with E-state index in [-0.39, 0.29) is 5.76 Å². The Morgan fingerprint density at radius 3 is 2.72 bits per heavy atom. The summed E-state index contributed by atoms with van der Waals surface area (Å²) in [5, 5.41) is 12.1. The second-order valence-electron chi connectivity index (χ2n) is 4.22. The molecular weight excluding hydrogens is 230 g/mol. The molecule has 18 heavy (non-hydrogen) atoms. The van der Waals surface area contributed by atoms with Crippen LogP contribution in [0.15, 0.2) is 34.7 Å². The number of nitrogens with one attached hydrogen (secondary N) is 1. The second kappa shape index (κ2) is 4.96. The van der Waals surface area contributed by atoms with E-state index in [1.54, 1.807) is 13.0 Å². The van der Waals surface area contributed by atoms with Crippen molar-refractivity contribution in [1.29, 1.82) is 0 Å². The van der Waals surface area contributed by atoms with Gasteiger partial charge in [0.05, 0.1) is 0 Å². The normalized spacial score (nSPS) is 10.3. The Labute approximate surface area is 105 Å². The Balaban J connectivity index is 2.08. The van der Waals surface area contributed by atoms with E-state index in [1.165, 1.54) is 5.56 Å². The van der Waals surface area contributed by atoms with E-state index in [0.717, 1.165) is 11.3 Å². The van der Waals surface area contributed by atoms with Crippen LogP contribution in [-0.2, 0) is 6.54 Å². The molecule has 2 N–H and O–H groups in total. The van der Waals surface area contributed by atoms with E-state index < -0.39 is 5.97 Å². The quantitative estimate of drug-likeness (QED) is 0.868. The molecule has 0 amide bonds. The van der Waals surface area contributed by atoms with E-state index in [1.807, 2.05) is 31.2 Å². The van der Waals surface area contributed by atoms with Gasteiger partial charge < -0.3 is 14.8 Å². The monoisotopic (exact) mass is 245 g/mol. The van der Waals surface area contributed by atoms with Gasteiger partial charge >= 0.3 is 5.97 Å². The van der Waals surface area contributed by atoms with Crippen LogP contribution in [0.4, 0.5) is 5.69 Å². The molecule has 0 spiro atoms. The molecule has 0 unspecified atom stereocenters. The molecule has 0 saturated heterocycles. The first-order chi connectivity index (χ1) is 8.56. The fourth-order valence-electron chi connectivity index (χ4n) is 1.75. The van der Waals surface area contributed by atoms with Crippen molar-refractivity contribution < 1.29 is 14.3 Å². The zero-order valence-corrected chi connectivity index (χ0v) is 10.4. The summed E-state index contributed by atoms with van der Waals surface area (Å²) in [7, 11) is 0. The first-order valence-corrected chi connectivity index (χ1v) is 5.69. The molecule has 2 aromatic rings. The summed E-state index contributed by atoms with van der Waals surface area (Å²) in [5.74, 6) is -0.430. The molecule has 0 aliphatic carbocycles. The molecular formula is C14H15NO3. The van der Waals surface area contributed by atoms with Crippen molar-refractivity contribution in [2.75, 3.05) is 5.32 Å². The minimum absolute atomic E-state index is 0.0199. The molecule has 4 nitrogen and oxygen atoms in total. The van der Waals surface area contributed by atoms with E-state index >= 15 is 0 Å². The molecule has 0 atom stereocenters. The van der Waals surface area contributed by atoms with E-state index in [2.05, 4.69) is 5.32 Å². The first kappa shape index (κ1) is 12.2. The summed E-state index contributed by atoms with van der Waals surface area (Å²) < 4.78 is 5.15. The molecule has 0 aliphatic rings. The average Bonchev–Trinajstić information content (AvgIpc) is 2.68. The van der Waals surface area contributed by atoms with E-state index in [9.17, 15) is 4.79 Å². The zero-order chi connectivity index (χ0) is 13.1. The molecule has 4 heteroatoms. The van der Waals surface area contributed by atoms with Gasteiger partial charge in [-0.25, -0.2) is 4.79 Å². The number of rotatable bonds is 4. The van der Waals surface area contributed by atoms with Gasteiger partial charge in [-0.2, -0.15) is 0 Å². The van der Waals surface area contributed by atoms with Gasteiger partial charge in [-0.15, -0.1) is 0 Å².